The van der Waals surface area contributed by atoms with E-state index in [9.17, 15) is 4.79 Å². The van der Waals surface area contributed by atoms with E-state index in [0.29, 0.717) is 17.9 Å². The maximum Gasteiger partial charge on any atom is 0.252 e. The lowest BCUT2D eigenvalue weighted by Gasteiger charge is -2.08. The van der Waals surface area contributed by atoms with Crippen molar-refractivity contribution in [2.45, 2.75) is 6.42 Å². The Balaban J connectivity index is 2.61. The average molecular weight is 301 g/mol. The molecule has 0 spiro atoms. The summed E-state index contributed by atoms with van der Waals surface area (Å²) in [7, 11) is 3.47. The van der Waals surface area contributed by atoms with Crippen LogP contribution in [0.2, 0.25) is 0 Å². The van der Waals surface area contributed by atoms with Crippen LogP contribution in [0.3, 0.4) is 0 Å². The lowest BCUT2D eigenvalue weighted by Crippen LogP contribution is -2.26. The molecule has 5 heteroatoms. The van der Waals surface area contributed by atoms with Crippen LogP contribution in [-0.2, 0) is 0 Å². The van der Waals surface area contributed by atoms with Crippen molar-refractivity contribution in [1.29, 1.82) is 0 Å². The molecule has 0 unspecified atom stereocenters. The number of hydrogen-bond acceptors (Lipinski definition) is 3. The van der Waals surface area contributed by atoms with Gasteiger partial charge in [-0.2, -0.15) is 0 Å². The van der Waals surface area contributed by atoms with Gasteiger partial charge in [0.1, 0.15) is 5.75 Å². The summed E-state index contributed by atoms with van der Waals surface area (Å²) < 4.78 is 5.86. The average Bonchev–Trinajstić information content (AvgIpc) is 2.35. The minimum Gasteiger partial charge on any atom is -0.497 e. The van der Waals surface area contributed by atoms with E-state index in [-0.39, 0.29) is 5.91 Å². The zero-order valence-corrected chi connectivity index (χ0v) is 11.6. The highest BCUT2D eigenvalue weighted by Gasteiger charge is 2.10. The fraction of sp³-hybridized carbons (Fsp3) is 0.417. The Hall–Kier alpha value is -1.07. The monoisotopic (exact) mass is 300 g/mol. The van der Waals surface area contributed by atoms with Gasteiger partial charge in [-0.3, -0.25) is 4.79 Å². The molecule has 0 bridgehead atoms. The summed E-state index contributed by atoms with van der Waals surface area (Å²) in [5, 5.41) is 5.89. The van der Waals surface area contributed by atoms with Crippen LogP contribution in [0, 0.1) is 0 Å². The van der Waals surface area contributed by atoms with E-state index in [2.05, 4.69) is 26.6 Å². The molecule has 94 valence electrons. The number of nitrogens with one attached hydrogen (secondary N) is 2. The summed E-state index contributed by atoms with van der Waals surface area (Å²) in [5.74, 6) is 0.584. The van der Waals surface area contributed by atoms with Crippen LogP contribution in [0.25, 0.3) is 0 Å². The third kappa shape index (κ3) is 4.36. The van der Waals surface area contributed by atoms with E-state index in [1.807, 2.05) is 13.1 Å². The summed E-state index contributed by atoms with van der Waals surface area (Å²) in [5.41, 5.74) is 0.591. The topological polar surface area (TPSA) is 50.4 Å². The van der Waals surface area contributed by atoms with Crippen LogP contribution >= 0.6 is 15.9 Å². The number of carbonyl (C=O) groups excluding carboxylic acids is 1. The maximum atomic E-state index is 11.9. The standard InChI is InChI=1S/C12H17BrN2O2/c1-14-6-3-7-15-12(16)10-8-9(17-2)4-5-11(10)13/h4-5,8,14H,3,6-7H2,1-2H3,(H,15,16). The van der Waals surface area contributed by atoms with E-state index in [1.54, 1.807) is 19.2 Å². The molecule has 0 heterocycles. The molecule has 1 aromatic carbocycles. The Kier molecular flexibility index (Phi) is 6.00. The van der Waals surface area contributed by atoms with E-state index in [0.717, 1.165) is 17.4 Å². The lowest BCUT2D eigenvalue weighted by atomic mass is 10.2. The Morgan fingerprint density at radius 3 is 2.82 bits per heavy atom. The van der Waals surface area contributed by atoms with Gasteiger partial charge < -0.3 is 15.4 Å². The molecule has 1 aromatic rings. The maximum absolute atomic E-state index is 11.9. The van der Waals surface area contributed by atoms with Crippen molar-refractivity contribution in [3.63, 3.8) is 0 Å². The number of benzene rings is 1. The van der Waals surface area contributed by atoms with Gasteiger partial charge in [0, 0.05) is 11.0 Å². The molecule has 4 nitrogen and oxygen atoms in total. The Bertz CT molecular complexity index is 383. The van der Waals surface area contributed by atoms with E-state index < -0.39 is 0 Å². The Morgan fingerprint density at radius 1 is 1.41 bits per heavy atom. The number of rotatable bonds is 6. The number of methoxy groups -OCH3 is 1. The van der Waals surface area contributed by atoms with E-state index >= 15 is 0 Å². The predicted octanol–water partition coefficient (Wildman–Crippen LogP) is 1.80. The molecular formula is C12H17BrN2O2. The molecule has 0 atom stereocenters. The second-order valence-electron chi connectivity index (χ2n) is 3.56. The molecule has 0 aromatic heterocycles. The molecule has 0 aliphatic heterocycles. The van der Waals surface area contributed by atoms with Gasteiger partial charge in [0.15, 0.2) is 0 Å². The molecule has 0 radical (unpaired) electrons. The first kappa shape index (κ1) is 14.0. The lowest BCUT2D eigenvalue weighted by molar-refractivity contribution is 0.0952. The van der Waals surface area contributed by atoms with Crippen molar-refractivity contribution in [3.05, 3.63) is 28.2 Å². The molecule has 2 N–H and O–H groups in total. The zero-order chi connectivity index (χ0) is 12.7. The summed E-state index contributed by atoms with van der Waals surface area (Å²) >= 11 is 3.35. The normalized spacial score (nSPS) is 10.1. The highest BCUT2D eigenvalue weighted by Crippen LogP contribution is 2.22. The Labute approximate surface area is 110 Å². The van der Waals surface area contributed by atoms with Crippen molar-refractivity contribution >= 4 is 21.8 Å². The minimum absolute atomic E-state index is 0.0909. The fourth-order valence-electron chi connectivity index (χ4n) is 1.37. The van der Waals surface area contributed by atoms with Gasteiger partial charge in [-0.05, 0) is 54.1 Å². The van der Waals surface area contributed by atoms with Gasteiger partial charge in [0.25, 0.3) is 5.91 Å². The van der Waals surface area contributed by atoms with Gasteiger partial charge in [-0.1, -0.05) is 0 Å². The van der Waals surface area contributed by atoms with Gasteiger partial charge >= 0.3 is 0 Å². The van der Waals surface area contributed by atoms with Crippen LogP contribution < -0.4 is 15.4 Å². The molecule has 0 saturated carbocycles. The number of halogens is 1. The Morgan fingerprint density at radius 2 is 2.18 bits per heavy atom. The minimum atomic E-state index is -0.0909. The van der Waals surface area contributed by atoms with Gasteiger partial charge in [-0.15, -0.1) is 0 Å². The van der Waals surface area contributed by atoms with Crippen molar-refractivity contribution in [3.8, 4) is 5.75 Å². The van der Waals surface area contributed by atoms with Gasteiger partial charge in [0.05, 0.1) is 12.7 Å². The third-order valence-electron chi connectivity index (χ3n) is 2.31. The van der Waals surface area contributed by atoms with Gasteiger partial charge in [-0.25, -0.2) is 0 Å². The highest BCUT2D eigenvalue weighted by atomic mass is 79.9. The molecule has 0 saturated heterocycles. The second-order valence-corrected chi connectivity index (χ2v) is 4.41. The first-order valence-electron chi connectivity index (χ1n) is 5.45. The van der Waals surface area contributed by atoms with Crippen molar-refractivity contribution in [1.82, 2.24) is 10.6 Å². The quantitative estimate of drug-likeness (QED) is 0.788. The first-order valence-corrected chi connectivity index (χ1v) is 6.24. The SMILES string of the molecule is CNCCCNC(=O)c1cc(OC)ccc1Br. The van der Waals surface area contributed by atoms with Gasteiger partial charge in [0.2, 0.25) is 0 Å². The number of ether oxygens (including phenoxy) is 1. The number of amides is 1. The smallest absolute Gasteiger partial charge is 0.252 e. The summed E-state index contributed by atoms with van der Waals surface area (Å²) in [6.07, 6.45) is 0.907. The van der Waals surface area contributed by atoms with Crippen LogP contribution in [0.1, 0.15) is 16.8 Å². The van der Waals surface area contributed by atoms with E-state index in [4.69, 9.17) is 4.74 Å². The van der Waals surface area contributed by atoms with Crippen LogP contribution in [0.15, 0.2) is 22.7 Å². The predicted molar refractivity (Wildman–Crippen MR) is 71.6 cm³/mol. The van der Waals surface area contributed by atoms with Crippen LogP contribution in [-0.4, -0.2) is 33.2 Å². The zero-order valence-electron chi connectivity index (χ0n) is 10.0. The largest absolute Gasteiger partial charge is 0.497 e. The first-order chi connectivity index (χ1) is 8.19. The molecule has 1 rings (SSSR count). The highest BCUT2D eigenvalue weighted by molar-refractivity contribution is 9.10. The molecular weight excluding hydrogens is 284 g/mol. The molecule has 17 heavy (non-hydrogen) atoms. The fourth-order valence-corrected chi connectivity index (χ4v) is 1.79. The molecule has 0 fully saturated rings. The van der Waals surface area contributed by atoms with Crippen molar-refractivity contribution in [2.24, 2.45) is 0 Å². The summed E-state index contributed by atoms with van der Waals surface area (Å²) in [4.78, 5) is 11.9. The second kappa shape index (κ2) is 7.29. The molecule has 1 amide bonds. The van der Waals surface area contributed by atoms with Crippen molar-refractivity contribution in [2.75, 3.05) is 27.2 Å². The molecule has 0 aliphatic rings. The number of hydrogen-bond donors (Lipinski definition) is 2. The van der Waals surface area contributed by atoms with Crippen LogP contribution in [0.4, 0.5) is 0 Å². The van der Waals surface area contributed by atoms with Crippen molar-refractivity contribution < 1.29 is 9.53 Å². The molecule has 0 aliphatic carbocycles. The third-order valence-corrected chi connectivity index (χ3v) is 3.00. The summed E-state index contributed by atoms with van der Waals surface area (Å²) in [6, 6.07) is 5.33. The number of carbonyl (C=O) groups is 1. The van der Waals surface area contributed by atoms with Crippen LogP contribution in [0.5, 0.6) is 5.75 Å². The van der Waals surface area contributed by atoms with E-state index in [1.165, 1.54) is 0 Å². The summed E-state index contributed by atoms with van der Waals surface area (Å²) in [6.45, 7) is 1.54.